The SMILES string of the molecule is Cc1ccc2c(c1)c1ccccc1n2-c1ccc(-c2cccc3c2oc2ccccc23)cc1. The molecule has 7 aromatic rings. The Balaban J connectivity index is 1.42. The number of hydrogen-bond donors (Lipinski definition) is 0. The Hall–Kier alpha value is -4.30. The lowest BCUT2D eigenvalue weighted by Crippen LogP contribution is -1.93. The van der Waals surface area contributed by atoms with E-state index in [0.29, 0.717) is 0 Å². The fraction of sp³-hybridized carbons (Fsp3) is 0.0323. The third-order valence-corrected chi connectivity index (χ3v) is 6.67. The van der Waals surface area contributed by atoms with E-state index in [1.54, 1.807) is 0 Å². The van der Waals surface area contributed by atoms with Crippen LogP contribution in [0.2, 0.25) is 0 Å². The molecule has 0 unspecified atom stereocenters. The van der Waals surface area contributed by atoms with Gasteiger partial charge in [-0.1, -0.05) is 78.4 Å². The van der Waals surface area contributed by atoms with Crippen molar-refractivity contribution in [1.82, 2.24) is 4.57 Å². The lowest BCUT2D eigenvalue weighted by molar-refractivity contribution is 0.670. The molecule has 7 rings (SSSR count). The standard InChI is InChI=1S/C31H21NO/c1-20-13-18-29-27(19-20)24-7-2-4-11-28(24)32(29)22-16-14-21(15-17-22)23-9-6-10-26-25-8-3-5-12-30(25)33-31(23)26/h2-19H,1H3. The number of fused-ring (bicyclic) bond motifs is 6. The molecule has 0 saturated carbocycles. The highest BCUT2D eigenvalue weighted by Crippen LogP contribution is 2.37. The first-order valence-electron chi connectivity index (χ1n) is 11.3. The molecule has 0 aliphatic carbocycles. The lowest BCUT2D eigenvalue weighted by atomic mass is 10.0. The van der Waals surface area contributed by atoms with Crippen LogP contribution in [0.1, 0.15) is 5.56 Å². The van der Waals surface area contributed by atoms with Gasteiger partial charge in [0.05, 0.1) is 11.0 Å². The van der Waals surface area contributed by atoms with Crippen molar-refractivity contribution in [2.75, 3.05) is 0 Å². The molecule has 0 radical (unpaired) electrons. The number of para-hydroxylation sites is 3. The van der Waals surface area contributed by atoms with Gasteiger partial charge in [0.2, 0.25) is 0 Å². The minimum atomic E-state index is 0.928. The van der Waals surface area contributed by atoms with E-state index in [1.807, 2.05) is 12.1 Å². The molecule has 0 aliphatic heterocycles. The summed E-state index contributed by atoms with van der Waals surface area (Å²) >= 11 is 0. The molecule has 0 aliphatic rings. The summed E-state index contributed by atoms with van der Waals surface area (Å²) < 4.78 is 8.62. The molecule has 0 bridgehead atoms. The number of benzene rings is 5. The van der Waals surface area contributed by atoms with Crippen LogP contribution in [0.3, 0.4) is 0 Å². The first kappa shape index (κ1) is 18.3. The van der Waals surface area contributed by atoms with E-state index >= 15 is 0 Å². The van der Waals surface area contributed by atoms with Crippen LogP contribution >= 0.6 is 0 Å². The Kier molecular flexibility index (Phi) is 3.80. The molecule has 0 saturated heterocycles. The zero-order valence-corrected chi connectivity index (χ0v) is 18.2. The largest absolute Gasteiger partial charge is 0.455 e. The van der Waals surface area contributed by atoms with Gasteiger partial charge in [0.25, 0.3) is 0 Å². The highest BCUT2D eigenvalue weighted by atomic mass is 16.3. The first-order valence-corrected chi connectivity index (χ1v) is 11.3. The van der Waals surface area contributed by atoms with Crippen LogP contribution in [-0.2, 0) is 0 Å². The molecule has 2 aromatic heterocycles. The summed E-state index contributed by atoms with van der Waals surface area (Å²) in [5, 5.41) is 4.89. The van der Waals surface area contributed by atoms with Gasteiger partial charge < -0.3 is 8.98 Å². The van der Waals surface area contributed by atoms with Gasteiger partial charge in [0, 0.05) is 32.8 Å². The molecule has 2 heteroatoms. The lowest BCUT2D eigenvalue weighted by Gasteiger charge is -2.10. The minimum Gasteiger partial charge on any atom is -0.455 e. The van der Waals surface area contributed by atoms with Gasteiger partial charge in [0.15, 0.2) is 0 Å². The van der Waals surface area contributed by atoms with Gasteiger partial charge in [-0.25, -0.2) is 0 Å². The normalized spacial score (nSPS) is 11.8. The Morgan fingerprint density at radius 1 is 0.576 bits per heavy atom. The second kappa shape index (κ2) is 6.85. The van der Waals surface area contributed by atoms with Crippen molar-refractivity contribution in [2.45, 2.75) is 6.92 Å². The van der Waals surface area contributed by atoms with Crippen LogP contribution in [0.15, 0.2) is 114 Å². The maximum Gasteiger partial charge on any atom is 0.143 e. The van der Waals surface area contributed by atoms with Gasteiger partial charge in [-0.2, -0.15) is 0 Å². The quantitative estimate of drug-likeness (QED) is 0.272. The number of hydrogen-bond acceptors (Lipinski definition) is 1. The Morgan fingerprint density at radius 2 is 1.30 bits per heavy atom. The smallest absolute Gasteiger partial charge is 0.143 e. The van der Waals surface area contributed by atoms with E-state index in [9.17, 15) is 0 Å². The molecule has 2 nitrogen and oxygen atoms in total. The zero-order chi connectivity index (χ0) is 21.9. The van der Waals surface area contributed by atoms with Crippen LogP contribution in [0.25, 0.3) is 60.6 Å². The molecule has 2 heterocycles. The van der Waals surface area contributed by atoms with Gasteiger partial charge in [-0.3, -0.25) is 0 Å². The highest BCUT2D eigenvalue weighted by Gasteiger charge is 2.14. The monoisotopic (exact) mass is 423 g/mol. The van der Waals surface area contributed by atoms with Crippen LogP contribution in [-0.4, -0.2) is 4.57 Å². The maximum atomic E-state index is 6.26. The van der Waals surface area contributed by atoms with Crippen molar-refractivity contribution >= 4 is 43.7 Å². The van der Waals surface area contributed by atoms with Gasteiger partial charge in [-0.15, -0.1) is 0 Å². The molecule has 0 spiro atoms. The Bertz CT molecular complexity index is 1820. The summed E-state index contributed by atoms with van der Waals surface area (Å²) in [6.45, 7) is 2.15. The van der Waals surface area contributed by atoms with Crippen molar-refractivity contribution in [3.05, 3.63) is 115 Å². The van der Waals surface area contributed by atoms with Crippen molar-refractivity contribution < 1.29 is 4.42 Å². The van der Waals surface area contributed by atoms with Crippen LogP contribution in [0.5, 0.6) is 0 Å². The molecular weight excluding hydrogens is 402 g/mol. The number of rotatable bonds is 2. The van der Waals surface area contributed by atoms with E-state index in [0.717, 1.165) is 38.8 Å². The second-order valence-corrected chi connectivity index (χ2v) is 8.70. The zero-order valence-electron chi connectivity index (χ0n) is 18.2. The molecule has 33 heavy (non-hydrogen) atoms. The molecule has 0 N–H and O–H groups in total. The molecule has 0 fully saturated rings. The maximum absolute atomic E-state index is 6.26. The van der Waals surface area contributed by atoms with Gasteiger partial charge >= 0.3 is 0 Å². The van der Waals surface area contributed by atoms with E-state index in [-0.39, 0.29) is 0 Å². The predicted octanol–water partition coefficient (Wildman–Crippen LogP) is 8.66. The number of furan rings is 1. The number of nitrogens with zero attached hydrogens (tertiary/aromatic N) is 1. The Morgan fingerprint density at radius 3 is 2.18 bits per heavy atom. The van der Waals surface area contributed by atoms with Crippen LogP contribution in [0.4, 0.5) is 0 Å². The first-order chi connectivity index (χ1) is 16.3. The third kappa shape index (κ3) is 2.68. The highest BCUT2D eigenvalue weighted by molar-refractivity contribution is 6.10. The number of aryl methyl sites for hydroxylation is 1. The van der Waals surface area contributed by atoms with Crippen molar-refractivity contribution in [2.24, 2.45) is 0 Å². The van der Waals surface area contributed by atoms with Crippen LogP contribution < -0.4 is 0 Å². The predicted molar refractivity (Wildman–Crippen MR) is 138 cm³/mol. The molecule has 5 aromatic carbocycles. The molecule has 0 atom stereocenters. The Labute approximate surface area is 191 Å². The average Bonchev–Trinajstić information content (AvgIpc) is 3.40. The molecule has 0 amide bonds. The molecular formula is C31H21NO. The van der Waals surface area contributed by atoms with Gasteiger partial charge in [-0.05, 0) is 48.9 Å². The summed E-state index contributed by atoms with van der Waals surface area (Å²) in [6, 6.07) is 38.8. The molecule has 156 valence electrons. The minimum absolute atomic E-state index is 0.928. The number of aromatic nitrogens is 1. The fourth-order valence-electron chi connectivity index (χ4n) is 5.13. The summed E-state index contributed by atoms with van der Waals surface area (Å²) in [7, 11) is 0. The topological polar surface area (TPSA) is 18.1 Å². The third-order valence-electron chi connectivity index (χ3n) is 6.67. The van der Waals surface area contributed by atoms with Crippen LogP contribution in [0, 0.1) is 6.92 Å². The summed E-state index contributed by atoms with van der Waals surface area (Å²) in [4.78, 5) is 0. The van der Waals surface area contributed by atoms with Crippen molar-refractivity contribution in [3.63, 3.8) is 0 Å². The van der Waals surface area contributed by atoms with E-state index < -0.39 is 0 Å². The second-order valence-electron chi connectivity index (χ2n) is 8.70. The van der Waals surface area contributed by atoms with Crippen molar-refractivity contribution in [1.29, 1.82) is 0 Å². The van der Waals surface area contributed by atoms with E-state index in [4.69, 9.17) is 4.42 Å². The van der Waals surface area contributed by atoms with Gasteiger partial charge in [0.1, 0.15) is 11.2 Å². The average molecular weight is 424 g/mol. The van der Waals surface area contributed by atoms with E-state index in [2.05, 4.69) is 109 Å². The van der Waals surface area contributed by atoms with Crippen molar-refractivity contribution in [3.8, 4) is 16.8 Å². The summed E-state index contributed by atoms with van der Waals surface area (Å²) in [6.07, 6.45) is 0. The van der Waals surface area contributed by atoms with E-state index in [1.165, 1.54) is 27.4 Å². The fourth-order valence-corrected chi connectivity index (χ4v) is 5.13. The summed E-state index contributed by atoms with van der Waals surface area (Å²) in [5.74, 6) is 0. The summed E-state index contributed by atoms with van der Waals surface area (Å²) in [5.41, 5.74) is 9.04.